The zero-order chi connectivity index (χ0) is 15.6. The zero-order valence-corrected chi connectivity index (χ0v) is 14.6. The molecule has 0 atom stereocenters. The second-order valence-electron chi connectivity index (χ2n) is 4.98. The van der Waals surface area contributed by atoms with Crippen molar-refractivity contribution < 1.29 is 13.2 Å². The lowest BCUT2D eigenvalue weighted by Crippen LogP contribution is -2.45. The van der Waals surface area contributed by atoms with Crippen LogP contribution in [0.2, 0.25) is 5.02 Å². The van der Waals surface area contributed by atoms with E-state index in [0.717, 1.165) is 4.47 Å². The van der Waals surface area contributed by atoms with Crippen molar-refractivity contribution in [2.45, 2.75) is 30.7 Å². The van der Waals surface area contributed by atoms with Crippen LogP contribution in [0.3, 0.4) is 0 Å². The summed E-state index contributed by atoms with van der Waals surface area (Å²) in [6.45, 7) is 2.65. The maximum absolute atomic E-state index is 12.4. The Balaban J connectivity index is 2.07. The van der Waals surface area contributed by atoms with Crippen LogP contribution in [-0.2, 0) is 14.8 Å². The van der Waals surface area contributed by atoms with Crippen LogP contribution in [0.15, 0.2) is 27.6 Å². The minimum atomic E-state index is -3.65. The number of amides is 1. The van der Waals surface area contributed by atoms with Gasteiger partial charge in [-0.15, -0.1) is 0 Å². The molecule has 0 unspecified atom stereocenters. The maximum Gasteiger partial charge on any atom is 0.242 e. The monoisotopic (exact) mass is 394 g/mol. The molecule has 1 amide bonds. The highest BCUT2D eigenvalue weighted by Crippen LogP contribution is 2.26. The molecule has 0 aromatic heterocycles. The van der Waals surface area contributed by atoms with Crippen LogP contribution >= 0.6 is 27.5 Å². The molecule has 0 bridgehead atoms. The number of carbonyl (C=O) groups excluding carboxylic acids is 1. The van der Waals surface area contributed by atoms with E-state index in [9.17, 15) is 13.2 Å². The number of nitrogens with zero attached hydrogens (tertiary/aromatic N) is 1. The summed E-state index contributed by atoms with van der Waals surface area (Å²) in [6, 6.07) is 4.48. The van der Waals surface area contributed by atoms with E-state index in [2.05, 4.69) is 20.7 Å². The number of likely N-dealkylation sites (tertiary alicyclic amines) is 1. The van der Waals surface area contributed by atoms with Crippen LogP contribution in [0.1, 0.15) is 19.8 Å². The predicted octanol–water partition coefficient (Wildman–Crippen LogP) is 2.39. The first-order valence-electron chi connectivity index (χ1n) is 6.52. The SMILES string of the molecule is CC(=O)N1CCC(NS(=O)(=O)c2ccc(Br)cc2Cl)CC1. The van der Waals surface area contributed by atoms with E-state index in [-0.39, 0.29) is 21.9 Å². The Morgan fingerprint density at radius 3 is 2.52 bits per heavy atom. The molecule has 2 rings (SSSR count). The van der Waals surface area contributed by atoms with Gasteiger partial charge in [0, 0.05) is 30.5 Å². The molecule has 1 heterocycles. The molecule has 0 saturated carbocycles. The maximum atomic E-state index is 12.4. The number of nitrogens with one attached hydrogen (secondary N) is 1. The highest BCUT2D eigenvalue weighted by atomic mass is 79.9. The number of sulfonamides is 1. The van der Waals surface area contributed by atoms with Crippen LogP contribution < -0.4 is 4.72 Å². The van der Waals surface area contributed by atoms with Crippen LogP contribution in [0.4, 0.5) is 0 Å². The van der Waals surface area contributed by atoms with Gasteiger partial charge in [0.2, 0.25) is 15.9 Å². The Bertz CT molecular complexity index is 643. The second kappa shape index (κ2) is 6.64. The molecule has 21 heavy (non-hydrogen) atoms. The first-order chi connectivity index (χ1) is 9.79. The van der Waals surface area contributed by atoms with Gasteiger partial charge < -0.3 is 4.90 Å². The van der Waals surface area contributed by atoms with Crippen molar-refractivity contribution in [2.24, 2.45) is 0 Å². The van der Waals surface area contributed by atoms with Gasteiger partial charge in [0.25, 0.3) is 0 Å². The van der Waals surface area contributed by atoms with Crippen LogP contribution in [0.5, 0.6) is 0 Å². The van der Waals surface area contributed by atoms with Crippen molar-refractivity contribution >= 4 is 43.5 Å². The zero-order valence-electron chi connectivity index (χ0n) is 11.5. The summed E-state index contributed by atoms with van der Waals surface area (Å²) in [4.78, 5) is 13.0. The molecular formula is C13H16BrClN2O3S. The van der Waals surface area contributed by atoms with Gasteiger partial charge in [-0.3, -0.25) is 4.79 Å². The Hall–Kier alpha value is -0.630. The summed E-state index contributed by atoms with van der Waals surface area (Å²) < 4.78 is 28.1. The number of halogens is 2. The lowest BCUT2D eigenvalue weighted by Gasteiger charge is -2.31. The number of benzene rings is 1. The summed E-state index contributed by atoms with van der Waals surface area (Å²) in [7, 11) is -3.65. The molecule has 116 valence electrons. The van der Waals surface area contributed by atoms with E-state index in [4.69, 9.17) is 11.6 Å². The number of piperidine rings is 1. The molecule has 1 saturated heterocycles. The molecule has 1 N–H and O–H groups in total. The van der Waals surface area contributed by atoms with Gasteiger partial charge in [0.05, 0.1) is 5.02 Å². The second-order valence-corrected chi connectivity index (χ2v) is 7.98. The average molecular weight is 396 g/mol. The van der Waals surface area contributed by atoms with E-state index in [1.165, 1.54) is 13.0 Å². The molecule has 1 aromatic carbocycles. The van der Waals surface area contributed by atoms with Crippen LogP contribution in [0.25, 0.3) is 0 Å². The standard InChI is InChI=1S/C13H16BrClN2O3S/c1-9(18)17-6-4-11(5-7-17)16-21(19,20)13-3-2-10(14)8-12(13)15/h2-3,8,11,16H,4-7H2,1H3. The van der Waals surface area contributed by atoms with E-state index in [1.807, 2.05) is 0 Å². The summed E-state index contributed by atoms with van der Waals surface area (Å²) in [6.07, 6.45) is 1.21. The molecule has 1 aliphatic heterocycles. The lowest BCUT2D eigenvalue weighted by atomic mass is 10.1. The van der Waals surface area contributed by atoms with Crippen molar-refractivity contribution in [3.63, 3.8) is 0 Å². The lowest BCUT2D eigenvalue weighted by molar-refractivity contribution is -0.129. The molecule has 1 fully saturated rings. The third kappa shape index (κ3) is 4.18. The number of rotatable bonds is 3. The predicted molar refractivity (Wildman–Crippen MR) is 84.7 cm³/mol. The first-order valence-corrected chi connectivity index (χ1v) is 9.18. The van der Waals surface area contributed by atoms with Crippen molar-refractivity contribution in [3.8, 4) is 0 Å². The van der Waals surface area contributed by atoms with Gasteiger partial charge >= 0.3 is 0 Å². The van der Waals surface area contributed by atoms with Gasteiger partial charge in [0.1, 0.15) is 4.90 Å². The van der Waals surface area contributed by atoms with Crippen molar-refractivity contribution in [2.75, 3.05) is 13.1 Å². The van der Waals surface area contributed by atoms with Crippen molar-refractivity contribution in [1.29, 1.82) is 0 Å². The quantitative estimate of drug-likeness (QED) is 0.854. The number of hydrogen-bond acceptors (Lipinski definition) is 3. The Labute approximate surface area is 137 Å². The molecule has 0 spiro atoms. The number of hydrogen-bond donors (Lipinski definition) is 1. The van der Waals surface area contributed by atoms with Gasteiger partial charge in [-0.2, -0.15) is 0 Å². The summed E-state index contributed by atoms with van der Waals surface area (Å²) >= 11 is 9.24. The Morgan fingerprint density at radius 1 is 1.38 bits per heavy atom. The minimum Gasteiger partial charge on any atom is -0.343 e. The third-order valence-electron chi connectivity index (χ3n) is 3.45. The van der Waals surface area contributed by atoms with Crippen molar-refractivity contribution in [3.05, 3.63) is 27.7 Å². The number of carbonyl (C=O) groups is 1. The van der Waals surface area contributed by atoms with Gasteiger partial charge in [-0.05, 0) is 31.0 Å². The van der Waals surface area contributed by atoms with Crippen LogP contribution in [0, 0.1) is 0 Å². The minimum absolute atomic E-state index is 0.0206. The van der Waals surface area contributed by atoms with E-state index in [0.29, 0.717) is 25.9 Å². The van der Waals surface area contributed by atoms with Gasteiger partial charge in [-0.25, -0.2) is 13.1 Å². The average Bonchev–Trinajstić information content (AvgIpc) is 2.38. The summed E-state index contributed by atoms with van der Waals surface area (Å²) in [5.41, 5.74) is 0. The summed E-state index contributed by atoms with van der Waals surface area (Å²) in [5, 5.41) is 0.179. The fourth-order valence-corrected chi connectivity index (χ4v) is 4.63. The molecule has 8 heteroatoms. The topological polar surface area (TPSA) is 66.5 Å². The molecule has 1 aromatic rings. The van der Waals surface area contributed by atoms with E-state index < -0.39 is 10.0 Å². The fraction of sp³-hybridized carbons (Fsp3) is 0.462. The molecule has 0 aliphatic carbocycles. The Kier molecular flexibility index (Phi) is 5.29. The summed E-state index contributed by atoms with van der Waals surface area (Å²) in [5.74, 6) is 0.0206. The van der Waals surface area contributed by atoms with Gasteiger partial charge in [-0.1, -0.05) is 27.5 Å². The van der Waals surface area contributed by atoms with Crippen molar-refractivity contribution in [1.82, 2.24) is 9.62 Å². The highest BCUT2D eigenvalue weighted by Gasteiger charge is 2.26. The largest absolute Gasteiger partial charge is 0.343 e. The Morgan fingerprint density at radius 2 is 2.00 bits per heavy atom. The normalized spacial score (nSPS) is 17.0. The molecule has 1 aliphatic rings. The molecular weight excluding hydrogens is 380 g/mol. The smallest absolute Gasteiger partial charge is 0.242 e. The highest BCUT2D eigenvalue weighted by molar-refractivity contribution is 9.10. The third-order valence-corrected chi connectivity index (χ3v) is 5.94. The molecule has 0 radical (unpaired) electrons. The first kappa shape index (κ1) is 16.7. The van der Waals surface area contributed by atoms with Crippen LogP contribution in [-0.4, -0.2) is 38.4 Å². The molecule has 5 nitrogen and oxygen atoms in total. The fourth-order valence-electron chi connectivity index (χ4n) is 2.29. The van der Waals surface area contributed by atoms with E-state index >= 15 is 0 Å². The van der Waals surface area contributed by atoms with Gasteiger partial charge in [0.15, 0.2) is 0 Å². The van der Waals surface area contributed by atoms with E-state index in [1.54, 1.807) is 17.0 Å².